The van der Waals surface area contributed by atoms with Crippen LogP contribution in [0.15, 0.2) is 35.1 Å². The highest BCUT2D eigenvalue weighted by atomic mass is 35.5. The lowest BCUT2D eigenvalue weighted by Crippen LogP contribution is -2.67. The predicted octanol–water partition coefficient (Wildman–Crippen LogP) is 1.80. The number of aromatic hydroxyl groups is 1. The van der Waals surface area contributed by atoms with Crippen molar-refractivity contribution >= 4 is 64.3 Å². The number of halogens is 1. The number of nitrogens with two attached hydrogens (primary N) is 1. The molecule has 31 nitrogen and oxygen atoms in total. The number of rotatable bonds is 16. The van der Waals surface area contributed by atoms with E-state index in [4.69, 9.17) is 50.5 Å². The van der Waals surface area contributed by atoms with Gasteiger partial charge >= 0.3 is 5.97 Å². The number of ether oxygens (including phenoxy) is 7. The summed E-state index contributed by atoms with van der Waals surface area (Å²) in [5, 5.41) is 146. The second-order valence-corrected chi connectivity index (χ2v) is 34.8. The Morgan fingerprint density at radius 2 is 1.45 bits per heavy atom. The maximum Gasteiger partial charge on any atom is 0.311 e. The molecule has 3 aliphatic carbocycles. The molecule has 5 aliphatic heterocycles. The number of phenolic OH excluding ortho intramolecular Hbond substituents is 1. The Bertz CT molecular complexity index is 3490. The second-order valence-electron chi connectivity index (χ2n) is 33.2. The van der Waals surface area contributed by atoms with Crippen molar-refractivity contribution in [3.8, 4) is 5.75 Å². The number of fused-ring (bicyclic) bond motifs is 3. The zero-order valence-corrected chi connectivity index (χ0v) is 68.6. The largest absolute Gasteiger partial charge is 0.508 e. The van der Waals surface area contributed by atoms with Gasteiger partial charge in [0.05, 0.1) is 82.3 Å². The van der Waals surface area contributed by atoms with Crippen LogP contribution >= 0.6 is 23.4 Å². The number of amides is 2. The van der Waals surface area contributed by atoms with Crippen molar-refractivity contribution in [3.05, 3.63) is 46.2 Å². The first kappa shape index (κ1) is 92.6. The van der Waals surface area contributed by atoms with Crippen LogP contribution in [-0.4, -0.2) is 315 Å². The standard InChI is InChI=1S/C37H67NO13.C22H24N2O8.C18H33ClN2O5S/c1-14-25-37(10,45)30(41)20(4)27(39)18(2)16-35(8,44)32(51-34-28(40)24(38(11)12)15-19(3)47-34)21(5)29(22(6)33(43)49-25)50-26-17-36(9,46-13)31(42)23(7)48-26;1-21(31)8-5-4-6-11(25)12(8)16(26)13-9(21)7-10-15(24(2)3)17(27)14(20(23)30)19(29)22(10,32)18(13)28;1-5-6-10-7-11(21(3)8-10)17(25)20-12(9(2)19)16-14(23)13(22)15(24)18(26-16)27-4/h18-26,28-32,34,40-42,44-45H,14-17H2,1-13H3;4-6,9-10,15,25-26,29,31-32H,7H2,1-3H3,(H2,23,30);9-16,18,22-24H,5-8H2,1-4H3,(H,20,25)/t18-,19-,20+,21+,22-,23+,24+,25-,26+,28-,29+,30-,31+,32-,34+,35-,36-,37-;9-,10-,15-,21+,22-;9-,10+,11-,12+,13-,14+,15+,16+,18+/m100/s1. The van der Waals surface area contributed by atoms with Gasteiger partial charge in [0.15, 0.2) is 24.0 Å². The highest BCUT2D eigenvalue weighted by Gasteiger charge is 2.67. The van der Waals surface area contributed by atoms with Crippen LogP contribution in [0.2, 0.25) is 0 Å². The molecular formula is C77H124ClN5O26S. The Morgan fingerprint density at radius 3 is 2.00 bits per heavy atom. The van der Waals surface area contributed by atoms with E-state index in [1.54, 1.807) is 54.7 Å². The summed E-state index contributed by atoms with van der Waals surface area (Å²) in [5.41, 5.74) is -6.09. The lowest BCUT2D eigenvalue weighted by Gasteiger charge is -2.53. The summed E-state index contributed by atoms with van der Waals surface area (Å²) < 4.78 is 42.8. The Morgan fingerprint density at radius 1 is 0.818 bits per heavy atom. The highest BCUT2D eigenvalue weighted by Crippen LogP contribution is 2.57. The number of Topliss-reactive ketones (excluding diaryl/α,β-unsaturated/α-hetero) is 3. The van der Waals surface area contributed by atoms with Crippen molar-refractivity contribution < 1.29 is 128 Å². The number of cyclic esters (lactones) is 1. The molecule has 0 aromatic heterocycles. The van der Waals surface area contributed by atoms with Crippen LogP contribution in [0.4, 0.5) is 0 Å². The van der Waals surface area contributed by atoms with Crippen LogP contribution in [-0.2, 0) is 67.5 Å². The van der Waals surface area contributed by atoms with Gasteiger partial charge < -0.3 is 115 Å². The van der Waals surface area contributed by atoms with Gasteiger partial charge in [0, 0.05) is 61.3 Å². The lowest BCUT2D eigenvalue weighted by atomic mass is 9.54. The number of benzene rings is 1. The number of phenols is 1. The highest BCUT2D eigenvalue weighted by molar-refractivity contribution is 7.99. The zero-order valence-electron chi connectivity index (χ0n) is 67.0. The lowest BCUT2D eigenvalue weighted by molar-refractivity contribution is -0.318. The summed E-state index contributed by atoms with van der Waals surface area (Å²) in [6, 6.07) is 1.76. The number of hydrogen-bond donors (Lipinski definition) is 15. The number of aliphatic hydroxyl groups excluding tert-OH is 8. The van der Waals surface area contributed by atoms with Crippen LogP contribution in [0, 0.1) is 41.4 Å². The third-order valence-corrected chi connectivity index (χ3v) is 25.6. The first-order valence-corrected chi connectivity index (χ1v) is 39.8. The molecule has 32 atom stereocenters. The molecule has 0 bridgehead atoms. The van der Waals surface area contributed by atoms with Crippen molar-refractivity contribution in [1.29, 1.82) is 0 Å². The SMILES string of the molecule is CCC[C@@H]1C[C@@H](C(=O)N[C@@H]([C@H]2O[C@H](SC)[C@H](O)[C@@H](O)[C@H]2O)[C@H](C)Cl)N(C)C1.CC[C@H]1OC(=O)[C@H](C)[C@@H](O[C@H]2C[C@@](C)(OC)[C@@H](O)[C@H](C)O2)[C@H](C)[C@@H](O[C@@H]2O[C@H](C)C[C@H](N(C)C)[C@H]2O)[C@](C)(O)C[C@@H](C)C(=O)[C@H](C)[C@@H](O)[C@]1(C)O.CN(C)[C@@H]1C(=O)C(C(N)=O)=C(O)[C@@]2(O)C(=O)C3=C(O)c4c(O)cccc4[C@@](C)(O)[C@H]3C[C@@H]12. The summed E-state index contributed by atoms with van der Waals surface area (Å²) >= 11 is 7.55. The van der Waals surface area contributed by atoms with E-state index in [0.717, 1.165) is 25.8 Å². The fraction of sp³-hybridized carbons (Fsp3) is 0.792. The predicted molar refractivity (Wildman–Crippen MR) is 403 cm³/mol. The number of esters is 1. The minimum Gasteiger partial charge on any atom is -0.508 e. The summed E-state index contributed by atoms with van der Waals surface area (Å²) in [7, 11) is 10.1. The number of primary amides is 1. The molecule has 626 valence electrons. The van der Waals surface area contributed by atoms with Gasteiger partial charge in [0.25, 0.3) is 5.91 Å². The average molecular weight is 1600 g/mol. The van der Waals surface area contributed by atoms with Gasteiger partial charge in [-0.05, 0) is 153 Å². The van der Waals surface area contributed by atoms with Crippen molar-refractivity contribution in [3.63, 3.8) is 0 Å². The van der Waals surface area contributed by atoms with Gasteiger partial charge in [-0.2, -0.15) is 0 Å². The van der Waals surface area contributed by atoms with Gasteiger partial charge in [-0.15, -0.1) is 23.4 Å². The van der Waals surface area contributed by atoms with E-state index in [1.165, 1.54) is 83.8 Å². The van der Waals surface area contributed by atoms with Crippen LogP contribution in [0.5, 0.6) is 5.75 Å². The first-order valence-electron chi connectivity index (χ1n) is 38.0. The third kappa shape index (κ3) is 18.3. The number of ketones is 3. The molecule has 0 spiro atoms. The number of methoxy groups -OCH3 is 1. The van der Waals surface area contributed by atoms with Crippen molar-refractivity contribution in [1.82, 2.24) is 20.0 Å². The summed E-state index contributed by atoms with van der Waals surface area (Å²) in [6.45, 7) is 22.5. The number of aliphatic hydroxyl groups is 12. The number of thioether (sulfide) groups is 1. The average Bonchev–Trinajstić information content (AvgIpc) is 0.733. The van der Waals surface area contributed by atoms with Gasteiger partial charge in [-0.1, -0.05) is 53.2 Å². The third-order valence-electron chi connectivity index (χ3n) is 24.5. The molecule has 110 heavy (non-hydrogen) atoms. The molecule has 6 fully saturated rings. The maximum atomic E-state index is 14.1. The molecule has 33 heteroatoms. The quantitative estimate of drug-likeness (QED) is 0.0637. The van der Waals surface area contributed by atoms with E-state index in [0.29, 0.717) is 12.3 Å². The van der Waals surface area contributed by atoms with Crippen LogP contribution < -0.4 is 11.1 Å². The van der Waals surface area contributed by atoms with Gasteiger partial charge in [-0.3, -0.25) is 38.6 Å². The minimum atomic E-state index is -2.75. The fourth-order valence-electron chi connectivity index (χ4n) is 18.0. The van der Waals surface area contributed by atoms with Gasteiger partial charge in [0.2, 0.25) is 11.7 Å². The van der Waals surface area contributed by atoms with E-state index in [1.807, 2.05) is 37.9 Å². The normalized spacial score (nSPS) is 42.9. The number of carbonyl (C=O) groups is 6. The monoisotopic (exact) mass is 1600 g/mol. The molecule has 16 N–H and O–H groups in total. The molecule has 1 saturated carbocycles. The number of alkyl halides is 1. The summed E-state index contributed by atoms with van der Waals surface area (Å²) in [5.74, 6) is -12.5. The maximum absolute atomic E-state index is 14.1. The van der Waals surface area contributed by atoms with Crippen LogP contribution in [0.1, 0.15) is 153 Å². The summed E-state index contributed by atoms with van der Waals surface area (Å²) in [4.78, 5) is 84.7. The minimum absolute atomic E-state index is 0.0936. The summed E-state index contributed by atoms with van der Waals surface area (Å²) in [6.07, 6.45) is -10.0. The number of nitrogens with zero attached hydrogens (tertiary/aromatic N) is 3. The Kier molecular flexibility index (Phi) is 30.5. The second kappa shape index (κ2) is 36.3. The molecule has 2 amide bonds. The van der Waals surface area contributed by atoms with E-state index in [2.05, 4.69) is 12.2 Å². The molecule has 5 heterocycles. The number of likely N-dealkylation sites (N-methyl/N-ethyl adjacent to an activating group) is 3. The Labute approximate surface area is 654 Å². The van der Waals surface area contributed by atoms with Gasteiger partial charge in [-0.25, -0.2) is 0 Å². The van der Waals surface area contributed by atoms with Gasteiger partial charge in [0.1, 0.15) is 82.4 Å². The molecule has 0 radical (unpaired) electrons. The van der Waals surface area contributed by atoms with E-state index in [-0.39, 0.29) is 60.9 Å². The van der Waals surface area contributed by atoms with Crippen molar-refractivity contribution in [2.24, 2.45) is 47.2 Å². The molecular weight excluding hydrogens is 1480 g/mol. The molecule has 0 unspecified atom stereocenters. The van der Waals surface area contributed by atoms with E-state index >= 15 is 0 Å². The molecule has 1 aromatic rings. The number of nitrogens with one attached hydrogen (secondary N) is 1. The smallest absolute Gasteiger partial charge is 0.311 e. The van der Waals surface area contributed by atoms with E-state index < -0.39 is 224 Å². The first-order chi connectivity index (χ1) is 50.9. The molecule has 8 aliphatic rings. The Hall–Kier alpha value is -4.60. The number of likely N-dealkylation sites (tertiary alicyclic amines) is 1. The fourth-order valence-corrected chi connectivity index (χ4v) is 18.9. The van der Waals surface area contributed by atoms with E-state index in [9.17, 15) is 95.2 Å². The van der Waals surface area contributed by atoms with Crippen LogP contribution in [0.25, 0.3) is 5.76 Å². The topological polar surface area (TPSA) is 478 Å². The molecule has 5 saturated heterocycles. The van der Waals surface area contributed by atoms with Crippen LogP contribution in [0.3, 0.4) is 0 Å². The van der Waals surface area contributed by atoms with Crippen molar-refractivity contribution in [2.45, 2.75) is 290 Å². The van der Waals surface area contributed by atoms with Crippen molar-refractivity contribution in [2.75, 3.05) is 55.1 Å². The molecule has 9 rings (SSSR count). The zero-order chi connectivity index (χ0) is 83.2. The number of carbonyl (C=O) groups excluding carboxylic acids is 6. The molecule has 1 aromatic carbocycles. The number of hydrogen-bond acceptors (Lipinski definition) is 30. The Balaban J connectivity index is 0.000000244.